The molecule has 4 heteroatoms. The van der Waals surface area contributed by atoms with Crippen LogP contribution in [0, 0.1) is 6.07 Å². The van der Waals surface area contributed by atoms with Crippen LogP contribution in [0.5, 0.6) is 0 Å². The van der Waals surface area contributed by atoms with Crippen molar-refractivity contribution in [1.82, 2.24) is 0 Å². The fourth-order valence-corrected chi connectivity index (χ4v) is 0.951. The topological polar surface area (TPSA) is 29.1 Å². The molecular formula is C9H9ClNOW-. The maximum atomic E-state index is 11.0. The average Bonchev–Trinajstić information content (AvgIpc) is 2.06. The Kier molecular flexibility index (Phi) is 6.93. The van der Waals surface area contributed by atoms with E-state index in [1.54, 1.807) is 24.3 Å². The van der Waals surface area contributed by atoms with Crippen molar-refractivity contribution in [3.8, 4) is 0 Å². The molecule has 0 saturated carbocycles. The van der Waals surface area contributed by atoms with Gasteiger partial charge in [-0.3, -0.25) is 4.79 Å². The van der Waals surface area contributed by atoms with E-state index in [1.165, 1.54) is 0 Å². The van der Waals surface area contributed by atoms with E-state index in [2.05, 4.69) is 11.4 Å². The zero-order valence-electron chi connectivity index (χ0n) is 6.92. The number of carbonyl (C=O) groups excluding carboxylic acids is 1. The zero-order chi connectivity index (χ0) is 8.81. The van der Waals surface area contributed by atoms with E-state index in [-0.39, 0.29) is 27.0 Å². The molecule has 70 valence electrons. The van der Waals surface area contributed by atoms with Gasteiger partial charge in [0.25, 0.3) is 0 Å². The number of hydrogen-bond donors (Lipinski definition) is 1. The van der Waals surface area contributed by atoms with E-state index in [0.29, 0.717) is 12.3 Å². The number of nitrogens with one attached hydrogen (secondary N) is 1. The second-order valence-corrected chi connectivity index (χ2v) is 2.65. The molecule has 0 fully saturated rings. The second-order valence-electron chi connectivity index (χ2n) is 2.28. The molecule has 2 nitrogen and oxygen atoms in total. The number of benzene rings is 1. The Balaban J connectivity index is 0.00000144. The van der Waals surface area contributed by atoms with Gasteiger partial charge >= 0.3 is 0 Å². The molecule has 0 spiro atoms. The van der Waals surface area contributed by atoms with Crippen molar-refractivity contribution in [1.29, 1.82) is 0 Å². The van der Waals surface area contributed by atoms with Crippen LogP contribution >= 0.6 is 11.6 Å². The van der Waals surface area contributed by atoms with Gasteiger partial charge in [0, 0.05) is 33.4 Å². The molecule has 0 aliphatic rings. The minimum atomic E-state index is -0.0591. The average molecular weight is 366 g/mol. The Morgan fingerprint density at radius 2 is 2.08 bits per heavy atom. The largest absolute Gasteiger partial charge is 0.349 e. The van der Waals surface area contributed by atoms with E-state index in [4.69, 9.17) is 11.6 Å². The van der Waals surface area contributed by atoms with Crippen LogP contribution in [-0.2, 0) is 25.9 Å². The Morgan fingerprint density at radius 1 is 1.46 bits per heavy atom. The molecule has 0 aliphatic carbocycles. The van der Waals surface area contributed by atoms with Crippen LogP contribution in [0.3, 0.4) is 0 Å². The van der Waals surface area contributed by atoms with Crippen LogP contribution in [0.25, 0.3) is 0 Å². The van der Waals surface area contributed by atoms with Gasteiger partial charge < -0.3 is 5.32 Å². The molecule has 0 unspecified atom stereocenters. The van der Waals surface area contributed by atoms with E-state index < -0.39 is 0 Å². The molecule has 1 amide bonds. The molecule has 1 aromatic rings. The normalized spacial score (nSPS) is 8.69. The van der Waals surface area contributed by atoms with Crippen molar-refractivity contribution in [2.75, 3.05) is 11.2 Å². The number of anilines is 1. The van der Waals surface area contributed by atoms with Crippen molar-refractivity contribution < 1.29 is 25.9 Å². The van der Waals surface area contributed by atoms with Gasteiger partial charge in [-0.25, -0.2) is 0 Å². The first-order valence-electron chi connectivity index (χ1n) is 3.65. The van der Waals surface area contributed by atoms with E-state index in [1.807, 2.05) is 0 Å². The summed E-state index contributed by atoms with van der Waals surface area (Å²) in [4.78, 5) is 11.0. The van der Waals surface area contributed by atoms with Gasteiger partial charge in [-0.1, -0.05) is 5.69 Å². The summed E-state index contributed by atoms with van der Waals surface area (Å²) < 4.78 is 0. The number of rotatable bonds is 3. The molecule has 1 aromatic carbocycles. The fraction of sp³-hybridized carbons (Fsp3) is 0.222. The van der Waals surface area contributed by atoms with Crippen molar-refractivity contribution in [3.63, 3.8) is 0 Å². The number of halogens is 1. The molecule has 0 aromatic heterocycles. The standard InChI is InChI=1S/C9H9ClNO.W/c10-7-6-9(12)11-8-4-2-1-3-5-8;/h2-5H,6-7H2,(H,11,12);/q-1;. The molecule has 0 saturated heterocycles. The maximum absolute atomic E-state index is 11.0. The van der Waals surface area contributed by atoms with E-state index in [0.717, 1.165) is 5.69 Å². The molecule has 13 heavy (non-hydrogen) atoms. The van der Waals surface area contributed by atoms with Crippen molar-refractivity contribution in [2.24, 2.45) is 0 Å². The van der Waals surface area contributed by atoms with Gasteiger partial charge in [-0.2, -0.15) is 18.2 Å². The Labute approximate surface area is 96.9 Å². The predicted molar refractivity (Wildman–Crippen MR) is 49.2 cm³/mol. The SMILES string of the molecule is O=C(CCCl)Nc1cc[c-]cc1.[W]. The van der Waals surface area contributed by atoms with Gasteiger partial charge in [-0.15, -0.1) is 23.7 Å². The van der Waals surface area contributed by atoms with Gasteiger partial charge in [0.05, 0.1) is 0 Å². The van der Waals surface area contributed by atoms with Crippen LogP contribution in [0.2, 0.25) is 0 Å². The summed E-state index contributed by atoms with van der Waals surface area (Å²) in [5.74, 6) is 0.293. The summed E-state index contributed by atoms with van der Waals surface area (Å²) in [5, 5.41) is 2.70. The third-order valence-electron chi connectivity index (χ3n) is 1.32. The van der Waals surface area contributed by atoms with Crippen LogP contribution in [0.4, 0.5) is 5.69 Å². The van der Waals surface area contributed by atoms with Crippen molar-refractivity contribution in [2.45, 2.75) is 6.42 Å². The molecule has 0 radical (unpaired) electrons. The first-order chi connectivity index (χ1) is 5.83. The monoisotopic (exact) mass is 366 g/mol. The smallest absolute Gasteiger partial charge is 0.223 e. The third kappa shape index (κ3) is 5.07. The molecule has 0 heterocycles. The van der Waals surface area contributed by atoms with Crippen molar-refractivity contribution in [3.05, 3.63) is 30.3 Å². The first kappa shape index (κ1) is 12.7. The van der Waals surface area contributed by atoms with Crippen molar-refractivity contribution >= 4 is 23.2 Å². The molecule has 1 rings (SSSR count). The summed E-state index contributed by atoms with van der Waals surface area (Å²) in [7, 11) is 0. The Hall–Kier alpha value is -0.332. The molecular weight excluding hydrogens is 357 g/mol. The summed E-state index contributed by atoms with van der Waals surface area (Å²) in [6.45, 7) is 0. The van der Waals surface area contributed by atoms with Gasteiger partial charge in [0.1, 0.15) is 0 Å². The summed E-state index contributed by atoms with van der Waals surface area (Å²) in [6.07, 6.45) is 0.347. The summed E-state index contributed by atoms with van der Waals surface area (Å²) in [6, 6.07) is 9.92. The second kappa shape index (κ2) is 7.11. The molecule has 0 aliphatic heterocycles. The number of amides is 1. The molecule has 0 atom stereocenters. The number of carbonyl (C=O) groups is 1. The Bertz CT molecular complexity index is 253. The van der Waals surface area contributed by atoms with E-state index >= 15 is 0 Å². The fourth-order valence-electron chi connectivity index (χ4n) is 0.780. The van der Waals surface area contributed by atoms with Gasteiger partial charge in [0.2, 0.25) is 5.91 Å². The zero-order valence-corrected chi connectivity index (χ0v) is 10.6. The quantitative estimate of drug-likeness (QED) is 0.644. The van der Waals surface area contributed by atoms with Crippen LogP contribution in [0.15, 0.2) is 24.3 Å². The van der Waals surface area contributed by atoms with Crippen LogP contribution in [-0.4, -0.2) is 11.8 Å². The maximum Gasteiger partial charge on any atom is 0.223 e. The first-order valence-corrected chi connectivity index (χ1v) is 4.18. The van der Waals surface area contributed by atoms with E-state index in [9.17, 15) is 4.79 Å². The van der Waals surface area contributed by atoms with Gasteiger partial charge in [0.15, 0.2) is 0 Å². The number of hydrogen-bond acceptors (Lipinski definition) is 1. The van der Waals surface area contributed by atoms with Crippen LogP contribution in [0.1, 0.15) is 6.42 Å². The minimum absolute atomic E-state index is 0. The van der Waals surface area contributed by atoms with Gasteiger partial charge in [-0.05, 0) is 0 Å². The summed E-state index contributed by atoms with van der Waals surface area (Å²) in [5.41, 5.74) is 0.781. The number of alkyl halides is 1. The predicted octanol–water partition coefficient (Wildman–Crippen LogP) is 2.05. The minimum Gasteiger partial charge on any atom is -0.349 e. The Morgan fingerprint density at radius 3 is 2.62 bits per heavy atom. The molecule has 1 N–H and O–H groups in total. The van der Waals surface area contributed by atoms with Crippen LogP contribution < -0.4 is 5.32 Å². The third-order valence-corrected chi connectivity index (χ3v) is 1.51. The summed E-state index contributed by atoms with van der Waals surface area (Å²) >= 11 is 5.40. The molecule has 0 bridgehead atoms.